The monoisotopic (exact) mass is 319 g/mol. The molecule has 0 aromatic heterocycles. The lowest BCUT2D eigenvalue weighted by Gasteiger charge is -2.13. The predicted octanol–water partition coefficient (Wildman–Crippen LogP) is 4.81. The van der Waals surface area contributed by atoms with Gasteiger partial charge in [-0.25, -0.2) is 0 Å². The second-order valence-electron chi connectivity index (χ2n) is 5.59. The minimum atomic E-state index is -0.122. The maximum Gasteiger partial charge on any atom is 0.169 e. The number of hydrogen-bond acceptors (Lipinski definition) is 4. The molecule has 0 aliphatic rings. The molecule has 1 N–H and O–H groups in total. The van der Waals surface area contributed by atoms with Gasteiger partial charge in [0.15, 0.2) is 6.29 Å². The number of rotatable bonds is 17. The molecule has 128 valence electrons. The fraction of sp³-hybridized carbons (Fsp3) is 1.00. The molecule has 4 heteroatoms. The second kappa shape index (κ2) is 18.3. The number of hydrogen-bond donors (Lipinski definition) is 1. The molecule has 0 saturated carbocycles. The third kappa shape index (κ3) is 16.4. The van der Waals surface area contributed by atoms with Crippen molar-refractivity contribution < 1.29 is 9.47 Å². The van der Waals surface area contributed by atoms with E-state index in [2.05, 4.69) is 12.2 Å². The Morgan fingerprint density at radius 3 is 1.86 bits per heavy atom. The van der Waals surface area contributed by atoms with E-state index in [1.54, 1.807) is 14.2 Å². The molecule has 3 nitrogen and oxygen atoms in total. The van der Waals surface area contributed by atoms with Crippen LogP contribution in [0.2, 0.25) is 0 Å². The summed E-state index contributed by atoms with van der Waals surface area (Å²) in [6.45, 7) is 3.04. The Kier molecular flexibility index (Phi) is 18.5. The van der Waals surface area contributed by atoms with Crippen molar-refractivity contribution in [3.05, 3.63) is 0 Å². The Morgan fingerprint density at radius 1 is 0.810 bits per heavy atom. The summed E-state index contributed by atoms with van der Waals surface area (Å²) in [7, 11) is 3.35. The molecular formula is C17H37NO2S. The van der Waals surface area contributed by atoms with Gasteiger partial charge in [0.1, 0.15) is 0 Å². The molecule has 0 aromatic carbocycles. The van der Waals surface area contributed by atoms with Gasteiger partial charge in [-0.15, -0.1) is 11.8 Å². The summed E-state index contributed by atoms with van der Waals surface area (Å²) in [4.78, 5) is 0. The van der Waals surface area contributed by atoms with Crippen LogP contribution >= 0.6 is 11.8 Å². The van der Waals surface area contributed by atoms with E-state index in [1.165, 1.54) is 70.0 Å². The van der Waals surface area contributed by atoms with E-state index < -0.39 is 0 Å². The molecule has 21 heavy (non-hydrogen) atoms. The fourth-order valence-corrected chi connectivity index (χ4v) is 3.09. The van der Waals surface area contributed by atoms with Gasteiger partial charge in [0, 0.05) is 26.6 Å². The summed E-state index contributed by atoms with van der Waals surface area (Å²) in [5, 5.41) is 3.34. The van der Waals surface area contributed by atoms with Crippen molar-refractivity contribution in [2.75, 3.05) is 32.4 Å². The van der Waals surface area contributed by atoms with Gasteiger partial charge < -0.3 is 14.8 Å². The summed E-state index contributed by atoms with van der Waals surface area (Å²) in [5.74, 6) is 2.24. The van der Waals surface area contributed by atoms with Gasteiger partial charge in [-0.05, 0) is 12.2 Å². The van der Waals surface area contributed by atoms with Gasteiger partial charge in [-0.2, -0.15) is 0 Å². The van der Waals surface area contributed by atoms with Crippen LogP contribution < -0.4 is 5.32 Å². The molecule has 0 bridgehead atoms. The van der Waals surface area contributed by atoms with Crippen molar-refractivity contribution >= 4 is 11.8 Å². The first-order valence-corrected chi connectivity index (χ1v) is 9.84. The van der Waals surface area contributed by atoms with Crippen LogP contribution in [0.4, 0.5) is 0 Å². The van der Waals surface area contributed by atoms with Crippen LogP contribution in [0.15, 0.2) is 0 Å². The molecule has 0 fully saturated rings. The molecule has 0 aliphatic carbocycles. The highest BCUT2D eigenvalue weighted by atomic mass is 32.2. The number of unbranched alkanes of at least 4 members (excludes halogenated alkanes) is 9. The quantitative estimate of drug-likeness (QED) is 0.308. The summed E-state index contributed by atoms with van der Waals surface area (Å²) < 4.78 is 10.2. The molecule has 0 spiro atoms. The van der Waals surface area contributed by atoms with E-state index in [0.29, 0.717) is 0 Å². The average Bonchev–Trinajstić information content (AvgIpc) is 2.51. The highest BCUT2D eigenvalue weighted by Gasteiger charge is 2.02. The van der Waals surface area contributed by atoms with Crippen molar-refractivity contribution in [2.45, 2.75) is 77.4 Å². The average molecular weight is 320 g/mol. The molecular weight excluding hydrogens is 282 g/mol. The van der Waals surface area contributed by atoms with Crippen molar-refractivity contribution in [3.63, 3.8) is 0 Å². The normalized spacial score (nSPS) is 11.4. The van der Waals surface area contributed by atoms with Gasteiger partial charge >= 0.3 is 0 Å². The van der Waals surface area contributed by atoms with Crippen LogP contribution in [-0.2, 0) is 9.47 Å². The first-order chi connectivity index (χ1) is 10.3. The standard InChI is InChI=1S/C17H37NO2S/c1-4-5-6-7-8-9-10-11-12-13-14-21-16-18-15-17(19-2)20-3/h17-18H,4-16H2,1-3H3. The Hall–Kier alpha value is 0.230. The molecule has 0 amide bonds. The maximum absolute atomic E-state index is 5.12. The van der Waals surface area contributed by atoms with Crippen LogP contribution in [0.5, 0.6) is 0 Å². The van der Waals surface area contributed by atoms with E-state index in [4.69, 9.17) is 9.47 Å². The number of ether oxygens (including phenoxy) is 2. The maximum atomic E-state index is 5.12. The topological polar surface area (TPSA) is 30.5 Å². The van der Waals surface area contributed by atoms with Crippen LogP contribution in [-0.4, -0.2) is 38.7 Å². The van der Waals surface area contributed by atoms with Gasteiger partial charge in [-0.1, -0.05) is 64.7 Å². The minimum Gasteiger partial charge on any atom is -0.355 e. The van der Waals surface area contributed by atoms with E-state index in [0.717, 1.165) is 12.4 Å². The van der Waals surface area contributed by atoms with E-state index >= 15 is 0 Å². The first-order valence-electron chi connectivity index (χ1n) is 8.69. The molecule has 0 unspecified atom stereocenters. The number of methoxy groups -OCH3 is 2. The van der Waals surface area contributed by atoms with E-state index in [1.807, 2.05) is 11.8 Å². The van der Waals surface area contributed by atoms with Crippen LogP contribution in [0, 0.1) is 0 Å². The fourth-order valence-electron chi connectivity index (χ4n) is 2.28. The highest BCUT2D eigenvalue weighted by molar-refractivity contribution is 7.99. The van der Waals surface area contributed by atoms with Crippen LogP contribution in [0.3, 0.4) is 0 Å². The third-order valence-electron chi connectivity index (χ3n) is 3.68. The zero-order valence-electron chi connectivity index (χ0n) is 14.5. The van der Waals surface area contributed by atoms with E-state index in [9.17, 15) is 0 Å². The summed E-state index contributed by atoms with van der Waals surface area (Å²) in [6, 6.07) is 0. The van der Waals surface area contributed by atoms with Crippen molar-refractivity contribution in [1.82, 2.24) is 5.32 Å². The van der Waals surface area contributed by atoms with Crippen molar-refractivity contribution in [1.29, 1.82) is 0 Å². The van der Waals surface area contributed by atoms with Crippen molar-refractivity contribution in [3.8, 4) is 0 Å². The molecule has 0 heterocycles. The lowest BCUT2D eigenvalue weighted by molar-refractivity contribution is -0.0980. The zero-order valence-corrected chi connectivity index (χ0v) is 15.3. The zero-order chi connectivity index (χ0) is 15.6. The third-order valence-corrected chi connectivity index (χ3v) is 4.67. The van der Waals surface area contributed by atoms with Crippen LogP contribution in [0.1, 0.15) is 71.1 Å². The molecule has 0 aromatic rings. The Balaban J connectivity index is 3.02. The van der Waals surface area contributed by atoms with Gasteiger partial charge in [0.25, 0.3) is 0 Å². The molecule has 0 atom stereocenters. The smallest absolute Gasteiger partial charge is 0.169 e. The Morgan fingerprint density at radius 2 is 1.33 bits per heavy atom. The van der Waals surface area contributed by atoms with Crippen LogP contribution in [0.25, 0.3) is 0 Å². The Bertz CT molecular complexity index is 190. The Labute approximate surface area is 136 Å². The van der Waals surface area contributed by atoms with Gasteiger partial charge in [0.2, 0.25) is 0 Å². The highest BCUT2D eigenvalue weighted by Crippen LogP contribution is 2.11. The van der Waals surface area contributed by atoms with Gasteiger partial charge in [-0.3, -0.25) is 0 Å². The van der Waals surface area contributed by atoms with E-state index in [-0.39, 0.29) is 6.29 Å². The summed E-state index contributed by atoms with van der Waals surface area (Å²) >= 11 is 1.97. The number of thioether (sulfide) groups is 1. The summed E-state index contributed by atoms with van der Waals surface area (Å²) in [5.41, 5.74) is 0. The number of nitrogens with one attached hydrogen (secondary N) is 1. The van der Waals surface area contributed by atoms with Gasteiger partial charge in [0.05, 0.1) is 0 Å². The first kappa shape index (κ1) is 21.2. The predicted molar refractivity (Wildman–Crippen MR) is 95.0 cm³/mol. The molecule has 0 rings (SSSR count). The molecule has 0 aliphatic heterocycles. The summed E-state index contributed by atoms with van der Waals surface area (Å²) in [6.07, 6.45) is 14.0. The largest absolute Gasteiger partial charge is 0.355 e. The molecule has 0 saturated heterocycles. The minimum absolute atomic E-state index is 0.122. The molecule has 0 radical (unpaired) electrons. The lowest BCUT2D eigenvalue weighted by Crippen LogP contribution is -2.29. The van der Waals surface area contributed by atoms with Crippen molar-refractivity contribution in [2.24, 2.45) is 0 Å². The lowest BCUT2D eigenvalue weighted by atomic mass is 10.1. The SMILES string of the molecule is CCCCCCCCCCCCSCNCC(OC)OC. The second-order valence-corrected chi connectivity index (χ2v) is 6.69.